The lowest BCUT2D eigenvalue weighted by Crippen LogP contribution is -2.23. The van der Waals surface area contributed by atoms with Crippen LogP contribution in [0.3, 0.4) is 0 Å². The van der Waals surface area contributed by atoms with Gasteiger partial charge in [-0.1, -0.05) is 13.3 Å². The second kappa shape index (κ2) is 4.85. The average molecular weight is 160 g/mol. The highest BCUT2D eigenvalue weighted by atomic mass is 16.3. The summed E-state index contributed by atoms with van der Waals surface area (Å²) in [5.74, 6) is -0.147. The predicted molar refractivity (Wildman–Crippen MR) is 43.8 cm³/mol. The lowest BCUT2D eigenvalue weighted by molar-refractivity contribution is 0.187. The summed E-state index contributed by atoms with van der Waals surface area (Å²) in [5, 5.41) is 20.7. The maximum Gasteiger partial charge on any atom is 0.206 e. The smallest absolute Gasteiger partial charge is 0.206 e. The van der Waals surface area contributed by atoms with Gasteiger partial charge < -0.3 is 21.3 Å². The van der Waals surface area contributed by atoms with Crippen molar-refractivity contribution in [3.05, 3.63) is 11.6 Å². The van der Waals surface area contributed by atoms with E-state index < -0.39 is 6.10 Å². The molecule has 0 aliphatic heterocycles. The van der Waals surface area contributed by atoms with Crippen molar-refractivity contribution in [3.63, 3.8) is 0 Å². The van der Waals surface area contributed by atoms with Gasteiger partial charge in [-0.15, -0.1) is 0 Å². The Hall–Kier alpha value is -0.900. The monoisotopic (exact) mass is 160 g/mol. The molecule has 5 N–H and O–H groups in total. The summed E-state index contributed by atoms with van der Waals surface area (Å²) in [7, 11) is 1.54. The van der Waals surface area contributed by atoms with Crippen molar-refractivity contribution in [1.82, 2.24) is 5.32 Å². The van der Waals surface area contributed by atoms with E-state index in [1.165, 1.54) is 0 Å². The molecule has 4 nitrogen and oxygen atoms in total. The predicted octanol–water partition coefficient (Wildman–Crippen LogP) is 0.0526. The molecule has 0 saturated carbocycles. The SMILES string of the molecule is CCCC(O)/C(N)=C(/O)NC. The summed E-state index contributed by atoms with van der Waals surface area (Å²) in [6.45, 7) is 1.94. The maximum atomic E-state index is 9.24. The van der Waals surface area contributed by atoms with Crippen LogP contribution >= 0.6 is 0 Å². The van der Waals surface area contributed by atoms with Crippen LogP contribution in [0.5, 0.6) is 0 Å². The van der Waals surface area contributed by atoms with Crippen molar-refractivity contribution in [2.75, 3.05) is 7.05 Å². The van der Waals surface area contributed by atoms with E-state index in [1.54, 1.807) is 7.05 Å². The van der Waals surface area contributed by atoms with Gasteiger partial charge in [-0.3, -0.25) is 0 Å². The molecule has 11 heavy (non-hydrogen) atoms. The topological polar surface area (TPSA) is 78.5 Å². The third-order valence-electron chi connectivity index (χ3n) is 1.43. The number of rotatable bonds is 4. The molecule has 0 rings (SSSR count). The Morgan fingerprint density at radius 2 is 2.18 bits per heavy atom. The summed E-state index contributed by atoms with van der Waals surface area (Å²) < 4.78 is 0. The normalized spacial score (nSPS) is 15.5. The van der Waals surface area contributed by atoms with Gasteiger partial charge in [-0.25, -0.2) is 0 Å². The molecule has 0 aliphatic rings. The average Bonchev–Trinajstić information content (AvgIpc) is 2.02. The Bertz CT molecular complexity index is 145. The van der Waals surface area contributed by atoms with E-state index in [-0.39, 0.29) is 11.6 Å². The summed E-state index contributed by atoms with van der Waals surface area (Å²) >= 11 is 0. The van der Waals surface area contributed by atoms with Gasteiger partial charge in [0.05, 0.1) is 11.8 Å². The molecule has 0 radical (unpaired) electrons. The molecule has 0 bridgehead atoms. The van der Waals surface area contributed by atoms with Crippen LogP contribution in [-0.4, -0.2) is 23.4 Å². The Morgan fingerprint density at radius 3 is 2.55 bits per heavy atom. The quantitative estimate of drug-likeness (QED) is 0.438. The highest BCUT2D eigenvalue weighted by Gasteiger charge is 2.09. The third-order valence-corrected chi connectivity index (χ3v) is 1.43. The first-order valence-electron chi connectivity index (χ1n) is 3.67. The second-order valence-corrected chi connectivity index (χ2v) is 2.36. The van der Waals surface area contributed by atoms with E-state index in [1.807, 2.05) is 6.92 Å². The lowest BCUT2D eigenvalue weighted by atomic mass is 10.1. The summed E-state index contributed by atoms with van der Waals surface area (Å²) in [6.07, 6.45) is 0.656. The fourth-order valence-corrected chi connectivity index (χ4v) is 0.731. The Morgan fingerprint density at radius 1 is 1.64 bits per heavy atom. The number of aliphatic hydroxyl groups excluding tert-OH is 2. The van der Waals surface area contributed by atoms with Gasteiger partial charge in [0.25, 0.3) is 0 Å². The number of aliphatic hydroxyl groups is 2. The van der Waals surface area contributed by atoms with Gasteiger partial charge in [-0.2, -0.15) is 0 Å². The standard InChI is InChI=1S/C7H16N2O2/c1-3-4-5(10)6(8)7(11)9-2/h5,9-11H,3-4,8H2,1-2H3/b7-6-. The summed E-state index contributed by atoms with van der Waals surface area (Å²) in [5.41, 5.74) is 5.48. The van der Waals surface area contributed by atoms with Gasteiger partial charge in [0.2, 0.25) is 5.88 Å². The van der Waals surface area contributed by atoms with E-state index >= 15 is 0 Å². The molecule has 66 valence electrons. The molecular formula is C7H16N2O2. The molecule has 0 aromatic heterocycles. The van der Waals surface area contributed by atoms with E-state index in [2.05, 4.69) is 5.32 Å². The minimum absolute atomic E-state index is 0.106. The first-order chi connectivity index (χ1) is 5.13. The molecule has 0 aromatic rings. The molecule has 0 spiro atoms. The van der Waals surface area contributed by atoms with Crippen LogP contribution in [0.1, 0.15) is 19.8 Å². The summed E-state index contributed by atoms with van der Waals surface area (Å²) in [4.78, 5) is 0. The maximum absolute atomic E-state index is 9.24. The number of nitrogens with one attached hydrogen (secondary N) is 1. The van der Waals surface area contributed by atoms with Crippen LogP contribution in [-0.2, 0) is 0 Å². The molecule has 4 heteroatoms. The van der Waals surface area contributed by atoms with E-state index in [4.69, 9.17) is 10.8 Å². The van der Waals surface area contributed by atoms with Gasteiger partial charge in [0.1, 0.15) is 0 Å². The van der Waals surface area contributed by atoms with Gasteiger partial charge >= 0.3 is 0 Å². The highest BCUT2D eigenvalue weighted by Crippen LogP contribution is 2.04. The molecule has 1 atom stereocenters. The zero-order chi connectivity index (χ0) is 8.85. The summed E-state index contributed by atoms with van der Waals surface area (Å²) in [6, 6.07) is 0. The second-order valence-electron chi connectivity index (χ2n) is 2.36. The molecule has 0 aliphatic carbocycles. The number of hydrogen-bond acceptors (Lipinski definition) is 4. The zero-order valence-electron chi connectivity index (χ0n) is 6.96. The van der Waals surface area contributed by atoms with Crippen LogP contribution in [0.4, 0.5) is 0 Å². The van der Waals surface area contributed by atoms with Crippen molar-refractivity contribution >= 4 is 0 Å². The van der Waals surface area contributed by atoms with Gasteiger partial charge in [-0.05, 0) is 6.42 Å². The molecule has 0 heterocycles. The third kappa shape index (κ3) is 3.13. The first-order valence-corrected chi connectivity index (χ1v) is 3.67. The van der Waals surface area contributed by atoms with Gasteiger partial charge in [0, 0.05) is 7.05 Å². The number of hydrogen-bond donors (Lipinski definition) is 4. The van der Waals surface area contributed by atoms with E-state index in [9.17, 15) is 5.11 Å². The largest absolute Gasteiger partial charge is 0.494 e. The highest BCUT2D eigenvalue weighted by molar-refractivity contribution is 5.06. The van der Waals surface area contributed by atoms with Crippen molar-refractivity contribution in [3.8, 4) is 0 Å². The molecule has 1 unspecified atom stereocenters. The van der Waals surface area contributed by atoms with Crippen LogP contribution < -0.4 is 11.1 Å². The first kappa shape index (κ1) is 10.1. The fourth-order valence-electron chi connectivity index (χ4n) is 0.731. The van der Waals surface area contributed by atoms with E-state index in [0.717, 1.165) is 6.42 Å². The number of nitrogens with two attached hydrogens (primary N) is 1. The molecule has 0 aromatic carbocycles. The molecule has 0 saturated heterocycles. The molecule has 0 amide bonds. The van der Waals surface area contributed by atoms with Crippen molar-refractivity contribution in [2.45, 2.75) is 25.9 Å². The fraction of sp³-hybridized carbons (Fsp3) is 0.714. The lowest BCUT2D eigenvalue weighted by Gasteiger charge is -2.11. The van der Waals surface area contributed by atoms with Crippen molar-refractivity contribution < 1.29 is 10.2 Å². The minimum atomic E-state index is -0.743. The van der Waals surface area contributed by atoms with E-state index in [0.29, 0.717) is 6.42 Å². The van der Waals surface area contributed by atoms with Gasteiger partial charge in [0.15, 0.2) is 0 Å². The van der Waals surface area contributed by atoms with Crippen LogP contribution in [0, 0.1) is 0 Å². The minimum Gasteiger partial charge on any atom is -0.494 e. The Balaban J connectivity index is 4.09. The van der Waals surface area contributed by atoms with Crippen LogP contribution in [0.25, 0.3) is 0 Å². The van der Waals surface area contributed by atoms with Crippen LogP contribution in [0.2, 0.25) is 0 Å². The van der Waals surface area contributed by atoms with Crippen LogP contribution in [0.15, 0.2) is 11.6 Å². The zero-order valence-corrected chi connectivity index (χ0v) is 6.96. The molecular weight excluding hydrogens is 144 g/mol. The molecule has 0 fully saturated rings. The van der Waals surface area contributed by atoms with Crippen molar-refractivity contribution in [2.24, 2.45) is 5.73 Å². The van der Waals surface area contributed by atoms with Crippen molar-refractivity contribution in [1.29, 1.82) is 0 Å². The Kier molecular flexibility index (Phi) is 4.45. The Labute approximate surface area is 66.7 Å².